The minimum absolute atomic E-state index is 0.310. The molecule has 0 aliphatic rings. The molecule has 0 aliphatic heterocycles. The molecule has 3 rings (SSSR count). The van der Waals surface area contributed by atoms with Crippen LogP contribution in [0.25, 0.3) is 22.4 Å². The first-order valence-electron chi connectivity index (χ1n) is 11.0. The van der Waals surface area contributed by atoms with Crippen molar-refractivity contribution in [1.29, 1.82) is 0 Å². The van der Waals surface area contributed by atoms with Crippen molar-refractivity contribution in [3.8, 4) is 22.4 Å². The number of pyridine rings is 1. The van der Waals surface area contributed by atoms with Gasteiger partial charge in [-0.2, -0.15) is 0 Å². The van der Waals surface area contributed by atoms with Crippen molar-refractivity contribution in [3.63, 3.8) is 0 Å². The van der Waals surface area contributed by atoms with Gasteiger partial charge in [0.25, 0.3) is 0 Å². The zero-order valence-electron chi connectivity index (χ0n) is 20.6. The topological polar surface area (TPSA) is 3.88 Å². The molecule has 24 heavy (non-hydrogen) atoms. The standard InChI is InChI=1S/C23H26N/c1-15-8-7-9-20(10-15)21-13-22(18(4)11-17(21)3)23-12-16(2)19(5)14-24(23)6/h7-14H,1-6H3/q+1/i3D3,5D3. The molecular weight excluding hydrogens is 290 g/mol. The molecule has 1 heterocycles. The van der Waals surface area contributed by atoms with E-state index in [4.69, 9.17) is 8.22 Å². The summed E-state index contributed by atoms with van der Waals surface area (Å²) in [4.78, 5) is 0. The molecule has 1 nitrogen and oxygen atoms in total. The summed E-state index contributed by atoms with van der Waals surface area (Å²) in [6.07, 6.45) is 1.64. The summed E-state index contributed by atoms with van der Waals surface area (Å²) in [6.45, 7) is 1.22. The van der Waals surface area contributed by atoms with Crippen LogP contribution in [0.4, 0.5) is 0 Å². The van der Waals surface area contributed by atoms with Gasteiger partial charge in [0.15, 0.2) is 6.20 Å². The van der Waals surface area contributed by atoms with Crippen LogP contribution in [0.1, 0.15) is 36.0 Å². The predicted molar refractivity (Wildman–Crippen MR) is 102 cm³/mol. The number of hydrogen-bond acceptors (Lipinski definition) is 0. The highest BCUT2D eigenvalue weighted by Crippen LogP contribution is 2.31. The lowest BCUT2D eigenvalue weighted by atomic mass is 9.92. The van der Waals surface area contributed by atoms with Gasteiger partial charge in [-0.1, -0.05) is 35.9 Å². The number of nitrogens with zero attached hydrogens (tertiary/aromatic N) is 1. The molecule has 0 fully saturated rings. The molecule has 0 aliphatic carbocycles. The molecule has 1 aromatic heterocycles. The second-order valence-corrected chi connectivity index (χ2v) is 6.45. The van der Waals surface area contributed by atoms with Crippen molar-refractivity contribution in [3.05, 3.63) is 76.5 Å². The summed E-state index contributed by atoms with van der Waals surface area (Å²) < 4.78 is 49.1. The van der Waals surface area contributed by atoms with Gasteiger partial charge in [0.05, 0.1) is 0 Å². The predicted octanol–water partition coefficient (Wildman–Crippen LogP) is 5.39. The number of benzene rings is 2. The Morgan fingerprint density at radius 1 is 0.792 bits per heavy atom. The van der Waals surface area contributed by atoms with Crippen LogP contribution >= 0.6 is 0 Å². The molecule has 0 bridgehead atoms. The molecule has 0 saturated heterocycles. The maximum atomic E-state index is 8.03. The molecule has 2 aromatic carbocycles. The lowest BCUT2D eigenvalue weighted by Crippen LogP contribution is -2.31. The summed E-state index contributed by atoms with van der Waals surface area (Å²) in [7, 11) is 1.81. The second kappa shape index (κ2) is 6.24. The van der Waals surface area contributed by atoms with Crippen LogP contribution in [0.15, 0.2) is 48.7 Å². The Morgan fingerprint density at radius 2 is 1.58 bits per heavy atom. The van der Waals surface area contributed by atoms with E-state index in [1.165, 1.54) is 0 Å². The summed E-state index contributed by atoms with van der Waals surface area (Å²) in [6, 6.07) is 13.3. The van der Waals surface area contributed by atoms with Gasteiger partial charge in [-0.05, 0) is 68.4 Å². The van der Waals surface area contributed by atoms with Crippen molar-refractivity contribution in [2.45, 2.75) is 34.5 Å². The first kappa shape index (κ1) is 10.5. The van der Waals surface area contributed by atoms with Crippen LogP contribution in [-0.4, -0.2) is 0 Å². The first-order chi connectivity index (χ1) is 13.8. The Kier molecular flexibility index (Phi) is 2.72. The third-order valence-electron chi connectivity index (χ3n) is 4.45. The Bertz CT molecular complexity index is 1110. The fourth-order valence-corrected chi connectivity index (χ4v) is 3.05. The van der Waals surface area contributed by atoms with Crippen LogP contribution in [0.2, 0.25) is 0 Å². The molecule has 0 spiro atoms. The number of aryl methyl sites for hydroxylation is 6. The molecular formula is C23H26N+. The zero-order valence-corrected chi connectivity index (χ0v) is 14.6. The SMILES string of the molecule is [2H]C([2H])([2H])c1c[n+](C)c(-c2cc(-c3cccc(C)c3)c(C([2H])([2H])[2H])cc2C)cc1C. The van der Waals surface area contributed by atoms with E-state index < -0.39 is 13.7 Å². The van der Waals surface area contributed by atoms with Gasteiger partial charge in [0.2, 0.25) is 5.69 Å². The summed E-state index contributed by atoms with van der Waals surface area (Å²) in [5.74, 6) is 0. The Labute approximate surface area is 154 Å². The minimum atomic E-state index is -2.24. The maximum Gasteiger partial charge on any atom is 0.212 e. The Balaban J connectivity index is 2.30. The van der Waals surface area contributed by atoms with Gasteiger partial charge in [0.1, 0.15) is 7.05 Å². The molecule has 122 valence electrons. The van der Waals surface area contributed by atoms with Gasteiger partial charge in [-0.15, -0.1) is 0 Å². The fraction of sp³-hybridized carbons (Fsp3) is 0.261. The van der Waals surface area contributed by atoms with Gasteiger partial charge >= 0.3 is 0 Å². The van der Waals surface area contributed by atoms with Gasteiger partial charge < -0.3 is 0 Å². The third-order valence-corrected chi connectivity index (χ3v) is 4.45. The molecule has 0 amide bonds. The monoisotopic (exact) mass is 322 g/mol. The minimum Gasteiger partial charge on any atom is -0.201 e. The average molecular weight is 323 g/mol. The van der Waals surface area contributed by atoms with E-state index in [1.807, 2.05) is 57.3 Å². The van der Waals surface area contributed by atoms with E-state index in [0.717, 1.165) is 27.9 Å². The Hall–Kier alpha value is -2.41. The zero-order chi connectivity index (χ0) is 22.4. The molecule has 0 radical (unpaired) electrons. The Morgan fingerprint density at radius 3 is 2.29 bits per heavy atom. The number of rotatable bonds is 2. The molecule has 0 N–H and O–H groups in total. The van der Waals surface area contributed by atoms with E-state index in [-0.39, 0.29) is 0 Å². The first-order valence-corrected chi connectivity index (χ1v) is 8.02. The van der Waals surface area contributed by atoms with E-state index in [2.05, 4.69) is 0 Å². The summed E-state index contributed by atoms with van der Waals surface area (Å²) in [5.41, 5.74) is 6.41. The van der Waals surface area contributed by atoms with Crippen LogP contribution in [-0.2, 0) is 7.05 Å². The van der Waals surface area contributed by atoms with E-state index >= 15 is 0 Å². The summed E-state index contributed by atoms with van der Waals surface area (Å²) in [5, 5.41) is 0. The summed E-state index contributed by atoms with van der Waals surface area (Å²) >= 11 is 0. The largest absolute Gasteiger partial charge is 0.212 e. The highest BCUT2D eigenvalue weighted by atomic mass is 14.9. The molecule has 3 aromatic rings. The second-order valence-electron chi connectivity index (χ2n) is 6.45. The third kappa shape index (κ3) is 2.99. The molecule has 1 heteroatoms. The van der Waals surface area contributed by atoms with Gasteiger partial charge in [-0.25, -0.2) is 4.57 Å². The van der Waals surface area contributed by atoms with Crippen molar-refractivity contribution < 1.29 is 12.8 Å². The number of hydrogen-bond donors (Lipinski definition) is 0. The fourth-order valence-electron chi connectivity index (χ4n) is 3.05. The van der Waals surface area contributed by atoms with Crippen molar-refractivity contribution in [1.82, 2.24) is 0 Å². The van der Waals surface area contributed by atoms with Crippen LogP contribution < -0.4 is 4.57 Å². The lowest BCUT2D eigenvalue weighted by Gasteiger charge is -2.13. The van der Waals surface area contributed by atoms with Gasteiger partial charge in [0, 0.05) is 25.4 Å². The van der Waals surface area contributed by atoms with Gasteiger partial charge in [-0.3, -0.25) is 0 Å². The lowest BCUT2D eigenvalue weighted by molar-refractivity contribution is -0.660. The maximum absolute atomic E-state index is 8.03. The van der Waals surface area contributed by atoms with Crippen LogP contribution in [0, 0.1) is 34.5 Å². The van der Waals surface area contributed by atoms with Crippen molar-refractivity contribution in [2.24, 2.45) is 7.05 Å². The van der Waals surface area contributed by atoms with Crippen LogP contribution in [0.5, 0.6) is 0 Å². The van der Waals surface area contributed by atoms with E-state index in [9.17, 15) is 0 Å². The smallest absolute Gasteiger partial charge is 0.201 e. The number of aromatic nitrogens is 1. The van der Waals surface area contributed by atoms with E-state index in [0.29, 0.717) is 22.3 Å². The van der Waals surface area contributed by atoms with Crippen LogP contribution in [0.3, 0.4) is 0 Å². The highest BCUT2D eigenvalue weighted by molar-refractivity contribution is 5.76. The molecule has 0 unspecified atom stereocenters. The quantitative estimate of drug-likeness (QED) is 0.557. The average Bonchev–Trinajstić information content (AvgIpc) is 2.61. The normalized spacial score (nSPS) is 15.7. The highest BCUT2D eigenvalue weighted by Gasteiger charge is 2.16. The van der Waals surface area contributed by atoms with Crippen molar-refractivity contribution in [2.75, 3.05) is 0 Å². The van der Waals surface area contributed by atoms with E-state index in [1.54, 1.807) is 23.8 Å². The molecule has 0 saturated carbocycles. The van der Waals surface area contributed by atoms with Crippen molar-refractivity contribution >= 4 is 0 Å². The molecule has 0 atom stereocenters.